The third-order valence-electron chi connectivity index (χ3n) is 8.12. The molecule has 0 heterocycles. The maximum absolute atomic E-state index is 12.3. The van der Waals surface area contributed by atoms with Gasteiger partial charge in [-0.05, 0) is 44.9 Å². The number of ether oxygens (including phenoxy) is 2. The molecule has 0 spiro atoms. The fourth-order valence-electron chi connectivity index (χ4n) is 5.13. The molecule has 0 radical (unpaired) electrons. The number of esters is 2. The predicted molar refractivity (Wildman–Crippen MR) is 201 cm³/mol. The van der Waals surface area contributed by atoms with Gasteiger partial charge in [-0.1, -0.05) is 140 Å². The summed E-state index contributed by atoms with van der Waals surface area (Å²) in [5, 5.41) is 19.1. The number of phosphoric acid groups is 1. The Morgan fingerprint density at radius 1 is 0.560 bits per heavy atom. The van der Waals surface area contributed by atoms with Gasteiger partial charge >= 0.3 is 19.8 Å². The highest BCUT2D eigenvalue weighted by atomic mass is 31.2. The van der Waals surface area contributed by atoms with Crippen LogP contribution in [0.25, 0.3) is 0 Å². The molecule has 0 amide bonds. The highest BCUT2D eigenvalue weighted by Crippen LogP contribution is 2.43. The van der Waals surface area contributed by atoms with Gasteiger partial charge < -0.3 is 24.6 Å². The normalized spacial score (nSPS) is 14.4. The number of aliphatic hydroxyl groups excluding tert-OH is 2. The summed E-state index contributed by atoms with van der Waals surface area (Å²) in [6.07, 6.45) is 34.0. The number of carbonyl (C=O) groups excluding carboxylic acids is 2. The zero-order valence-electron chi connectivity index (χ0n) is 31.4. The molecule has 0 saturated carbocycles. The van der Waals surface area contributed by atoms with Gasteiger partial charge in [0.1, 0.15) is 12.2 Å². The topological polar surface area (TPSA) is 149 Å². The average Bonchev–Trinajstić information content (AvgIpc) is 3.10. The van der Waals surface area contributed by atoms with Crippen molar-refractivity contribution in [3.8, 4) is 0 Å². The number of allylic oxidation sites excluding steroid dienone is 6. The quantitative estimate of drug-likeness (QED) is 0.0246. The minimum atomic E-state index is -4.63. The van der Waals surface area contributed by atoms with Crippen molar-refractivity contribution in [1.82, 2.24) is 0 Å². The van der Waals surface area contributed by atoms with Crippen LogP contribution in [0.3, 0.4) is 0 Å². The summed E-state index contributed by atoms with van der Waals surface area (Å²) in [6.45, 7) is 2.06. The Hall–Kier alpha value is -1.81. The van der Waals surface area contributed by atoms with Crippen molar-refractivity contribution in [1.29, 1.82) is 0 Å². The number of unbranched alkanes of at least 4 members (excludes halogenated alkanes) is 16. The molecule has 0 aromatic carbocycles. The van der Waals surface area contributed by atoms with Crippen LogP contribution >= 0.6 is 7.82 Å². The van der Waals surface area contributed by atoms with Crippen LogP contribution in [0.2, 0.25) is 0 Å². The van der Waals surface area contributed by atoms with E-state index in [9.17, 15) is 29.3 Å². The smallest absolute Gasteiger partial charge is 0.457 e. The zero-order valence-corrected chi connectivity index (χ0v) is 32.3. The van der Waals surface area contributed by atoms with Crippen molar-refractivity contribution in [3.05, 3.63) is 36.5 Å². The Labute approximate surface area is 303 Å². The third kappa shape index (κ3) is 33.3. The molecule has 0 aromatic rings. The molecule has 292 valence electrons. The van der Waals surface area contributed by atoms with Crippen LogP contribution in [0.1, 0.15) is 162 Å². The second kappa shape index (κ2) is 35.6. The summed E-state index contributed by atoms with van der Waals surface area (Å²) in [7, 11) is -4.63. The molecule has 0 aliphatic rings. The second-order valence-corrected chi connectivity index (χ2v) is 14.3. The van der Waals surface area contributed by atoms with E-state index < -0.39 is 58.4 Å². The molecular weight excluding hydrogens is 659 g/mol. The monoisotopic (exact) mass is 730 g/mol. The minimum Gasteiger partial charge on any atom is -0.457 e. The lowest BCUT2D eigenvalue weighted by molar-refractivity contribution is -0.153. The molecule has 3 N–H and O–H groups in total. The first kappa shape index (κ1) is 48.2. The fourth-order valence-corrected chi connectivity index (χ4v) is 5.91. The van der Waals surface area contributed by atoms with E-state index >= 15 is 0 Å². The number of hydrogen-bond donors (Lipinski definition) is 3. The van der Waals surface area contributed by atoms with Crippen LogP contribution in [0.5, 0.6) is 0 Å². The zero-order chi connectivity index (χ0) is 37.0. The van der Waals surface area contributed by atoms with Crippen LogP contribution < -0.4 is 0 Å². The molecule has 50 heavy (non-hydrogen) atoms. The third-order valence-corrected chi connectivity index (χ3v) is 9.07. The summed E-state index contributed by atoms with van der Waals surface area (Å²) >= 11 is 0. The number of rotatable bonds is 36. The van der Waals surface area contributed by atoms with Crippen LogP contribution in [-0.4, -0.2) is 65.7 Å². The summed E-state index contributed by atoms with van der Waals surface area (Å²) in [5.74, 6) is -1.04. The maximum atomic E-state index is 12.3. The standard InChI is InChI=1S/C39H71O10P/c1-3-5-7-9-11-13-15-17-18-19-21-23-25-27-29-31-39(43)49-37(33-41)35-47-50(44,45)46-34-36(32-40)48-38(42)30-28-26-24-22-20-16-14-12-10-8-6-4-2/h5,7,11,13,17-18,36-37,40-41H,3-4,6,8-10,12,14-16,19-35H2,1-2H3,(H,44,45)/b7-5-,13-11-,18-17-. The number of phosphoric ester groups is 1. The molecule has 0 saturated heterocycles. The van der Waals surface area contributed by atoms with Crippen molar-refractivity contribution in [2.75, 3.05) is 26.4 Å². The van der Waals surface area contributed by atoms with Crippen LogP contribution in [0, 0.1) is 0 Å². The molecule has 0 fully saturated rings. The van der Waals surface area contributed by atoms with E-state index in [0.717, 1.165) is 70.6 Å². The first-order valence-corrected chi connectivity index (χ1v) is 20.9. The fraction of sp³-hybridized carbons (Fsp3) is 0.795. The van der Waals surface area contributed by atoms with Crippen molar-refractivity contribution in [2.24, 2.45) is 0 Å². The Bertz CT molecular complexity index is 936. The summed E-state index contributed by atoms with van der Waals surface area (Å²) < 4.78 is 32.4. The van der Waals surface area contributed by atoms with Gasteiger partial charge in [-0.2, -0.15) is 0 Å². The van der Waals surface area contributed by atoms with Gasteiger partial charge in [-0.3, -0.25) is 18.6 Å². The summed E-state index contributed by atoms with van der Waals surface area (Å²) in [5.41, 5.74) is 0. The number of aliphatic hydroxyl groups is 2. The van der Waals surface area contributed by atoms with Gasteiger partial charge in [0.15, 0.2) is 0 Å². The van der Waals surface area contributed by atoms with Crippen molar-refractivity contribution >= 4 is 19.8 Å². The molecule has 3 atom stereocenters. The Kier molecular flexibility index (Phi) is 34.3. The average molecular weight is 731 g/mol. The molecule has 0 aromatic heterocycles. The molecule has 0 bridgehead atoms. The molecule has 10 nitrogen and oxygen atoms in total. The van der Waals surface area contributed by atoms with Gasteiger partial charge in [0.05, 0.1) is 26.4 Å². The first-order valence-electron chi connectivity index (χ1n) is 19.4. The lowest BCUT2D eigenvalue weighted by atomic mass is 10.0. The molecule has 0 rings (SSSR count). The van der Waals surface area contributed by atoms with E-state index in [1.54, 1.807) is 0 Å². The van der Waals surface area contributed by atoms with Crippen molar-refractivity contribution in [3.63, 3.8) is 0 Å². The largest absolute Gasteiger partial charge is 0.472 e. The van der Waals surface area contributed by atoms with Gasteiger partial charge in [-0.15, -0.1) is 0 Å². The lowest BCUT2D eigenvalue weighted by Crippen LogP contribution is -2.28. The lowest BCUT2D eigenvalue weighted by Gasteiger charge is -2.20. The van der Waals surface area contributed by atoms with E-state index in [1.165, 1.54) is 51.4 Å². The second-order valence-electron chi connectivity index (χ2n) is 12.9. The molecule has 11 heteroatoms. The van der Waals surface area contributed by atoms with E-state index in [1.807, 2.05) is 0 Å². The van der Waals surface area contributed by atoms with Gasteiger partial charge in [-0.25, -0.2) is 4.57 Å². The van der Waals surface area contributed by atoms with Crippen LogP contribution in [0.4, 0.5) is 0 Å². The minimum absolute atomic E-state index is 0.173. The molecule has 0 aliphatic carbocycles. The van der Waals surface area contributed by atoms with Crippen molar-refractivity contribution < 1.29 is 47.8 Å². The van der Waals surface area contributed by atoms with Gasteiger partial charge in [0, 0.05) is 12.8 Å². The maximum Gasteiger partial charge on any atom is 0.472 e. The van der Waals surface area contributed by atoms with Crippen LogP contribution in [0.15, 0.2) is 36.5 Å². The Balaban J connectivity index is 4.00. The molecule has 0 aliphatic heterocycles. The Morgan fingerprint density at radius 2 is 0.940 bits per heavy atom. The van der Waals surface area contributed by atoms with Crippen molar-refractivity contribution in [2.45, 2.75) is 174 Å². The molecular formula is C39H71O10P. The highest BCUT2D eigenvalue weighted by Gasteiger charge is 2.27. The van der Waals surface area contributed by atoms with Gasteiger partial charge in [0.25, 0.3) is 0 Å². The summed E-state index contributed by atoms with van der Waals surface area (Å²) in [6, 6.07) is 0. The molecule has 3 unspecified atom stereocenters. The summed E-state index contributed by atoms with van der Waals surface area (Å²) in [4.78, 5) is 34.4. The highest BCUT2D eigenvalue weighted by molar-refractivity contribution is 7.47. The van der Waals surface area contributed by atoms with Crippen LogP contribution in [-0.2, 0) is 32.7 Å². The van der Waals surface area contributed by atoms with Gasteiger partial charge in [0.2, 0.25) is 0 Å². The SMILES string of the molecule is CC/C=C\C/C=C\C/C=C\CCCCCCCC(=O)OC(CO)COP(=O)(O)OCC(CO)OC(=O)CCCCCCCCCCCCCC. The predicted octanol–water partition coefficient (Wildman–Crippen LogP) is 9.61. The van der Waals surface area contributed by atoms with E-state index in [0.29, 0.717) is 12.8 Å². The number of hydrogen-bond acceptors (Lipinski definition) is 9. The van der Waals surface area contributed by atoms with E-state index in [2.05, 4.69) is 50.3 Å². The van der Waals surface area contributed by atoms with E-state index in [-0.39, 0.29) is 12.8 Å². The number of carbonyl (C=O) groups is 2. The first-order chi connectivity index (χ1) is 24.3. The Morgan fingerprint density at radius 3 is 1.36 bits per heavy atom. The van der Waals surface area contributed by atoms with E-state index in [4.69, 9.17) is 18.5 Å².